The Labute approximate surface area is 92.7 Å². The molecule has 0 radical (unpaired) electrons. The van der Waals surface area contributed by atoms with Gasteiger partial charge in [0.15, 0.2) is 0 Å². The minimum Gasteiger partial charge on any atom is -0.327 e. The van der Waals surface area contributed by atoms with Gasteiger partial charge in [-0.05, 0) is 30.7 Å². The lowest BCUT2D eigenvalue weighted by Crippen LogP contribution is -2.24. The number of nitrogens with zero attached hydrogens (tertiary/aromatic N) is 2. The van der Waals surface area contributed by atoms with Crippen molar-refractivity contribution >= 4 is 0 Å². The highest BCUT2D eigenvalue weighted by Crippen LogP contribution is 2.08. The molecule has 1 unspecified atom stereocenters. The molecular weight excluding hydrogens is 186 g/mol. The zero-order valence-electron chi connectivity index (χ0n) is 10.1. The maximum atomic E-state index is 6.05. The summed E-state index contributed by atoms with van der Waals surface area (Å²) < 4.78 is 2.00. The van der Waals surface area contributed by atoms with Gasteiger partial charge in [-0.25, -0.2) is 0 Å². The zero-order chi connectivity index (χ0) is 11.3. The molecule has 0 aliphatic rings. The van der Waals surface area contributed by atoms with Crippen LogP contribution in [0, 0.1) is 5.92 Å². The maximum Gasteiger partial charge on any atom is 0.0522 e. The van der Waals surface area contributed by atoms with Crippen LogP contribution in [-0.4, -0.2) is 15.8 Å². The van der Waals surface area contributed by atoms with Gasteiger partial charge in [0.2, 0.25) is 0 Å². The maximum absolute atomic E-state index is 6.05. The normalized spacial score (nSPS) is 13.4. The molecule has 1 aromatic heterocycles. The number of hydrogen-bond acceptors (Lipinski definition) is 2. The monoisotopic (exact) mass is 209 g/mol. The molecular formula is C12H23N3. The van der Waals surface area contributed by atoms with E-state index in [1.807, 2.05) is 10.9 Å². The van der Waals surface area contributed by atoms with Crippen LogP contribution in [-0.2, 0) is 13.0 Å². The number of rotatable bonds is 6. The van der Waals surface area contributed by atoms with Crippen molar-refractivity contribution in [3.05, 3.63) is 18.0 Å². The van der Waals surface area contributed by atoms with Gasteiger partial charge in [0, 0.05) is 18.8 Å². The van der Waals surface area contributed by atoms with E-state index in [1.165, 1.54) is 5.56 Å². The standard InChI is InChI=1S/C12H23N3/c1-4-5-15-9-11(8-14-15)7-12(13)6-10(2)3/h8-10,12H,4-7,13H2,1-3H3. The predicted molar refractivity (Wildman–Crippen MR) is 63.7 cm³/mol. The highest BCUT2D eigenvalue weighted by atomic mass is 15.3. The molecule has 1 atom stereocenters. The Morgan fingerprint density at radius 1 is 1.47 bits per heavy atom. The topological polar surface area (TPSA) is 43.8 Å². The van der Waals surface area contributed by atoms with Crippen molar-refractivity contribution in [1.82, 2.24) is 9.78 Å². The van der Waals surface area contributed by atoms with Gasteiger partial charge >= 0.3 is 0 Å². The van der Waals surface area contributed by atoms with Crippen molar-refractivity contribution in [3.8, 4) is 0 Å². The van der Waals surface area contributed by atoms with Gasteiger partial charge < -0.3 is 5.73 Å². The third-order valence-corrected chi connectivity index (χ3v) is 2.41. The largest absolute Gasteiger partial charge is 0.327 e. The summed E-state index contributed by atoms with van der Waals surface area (Å²) in [5.41, 5.74) is 7.31. The van der Waals surface area contributed by atoms with Crippen LogP contribution < -0.4 is 5.73 Å². The van der Waals surface area contributed by atoms with E-state index >= 15 is 0 Å². The van der Waals surface area contributed by atoms with Gasteiger partial charge in [-0.3, -0.25) is 4.68 Å². The van der Waals surface area contributed by atoms with Crippen LogP contribution in [0.4, 0.5) is 0 Å². The molecule has 0 bridgehead atoms. The second-order valence-corrected chi connectivity index (χ2v) is 4.71. The molecule has 3 nitrogen and oxygen atoms in total. The fourth-order valence-electron chi connectivity index (χ4n) is 1.85. The summed E-state index contributed by atoms with van der Waals surface area (Å²) in [6, 6.07) is 0.268. The Morgan fingerprint density at radius 3 is 2.80 bits per heavy atom. The first-order chi connectivity index (χ1) is 7.11. The molecule has 1 rings (SSSR count). The lowest BCUT2D eigenvalue weighted by Gasteiger charge is -2.12. The van der Waals surface area contributed by atoms with Gasteiger partial charge in [-0.2, -0.15) is 5.10 Å². The Morgan fingerprint density at radius 2 is 2.20 bits per heavy atom. The smallest absolute Gasteiger partial charge is 0.0522 e. The van der Waals surface area contributed by atoms with Crippen molar-refractivity contribution in [1.29, 1.82) is 0 Å². The fourth-order valence-corrected chi connectivity index (χ4v) is 1.85. The lowest BCUT2D eigenvalue weighted by molar-refractivity contribution is 0.493. The third-order valence-electron chi connectivity index (χ3n) is 2.41. The van der Waals surface area contributed by atoms with Gasteiger partial charge in [-0.1, -0.05) is 20.8 Å². The summed E-state index contributed by atoms with van der Waals surface area (Å²) in [5.74, 6) is 0.672. The molecule has 0 amide bonds. The van der Waals surface area contributed by atoms with E-state index in [9.17, 15) is 0 Å². The summed E-state index contributed by atoms with van der Waals surface area (Å²) in [5, 5.41) is 4.30. The lowest BCUT2D eigenvalue weighted by atomic mass is 10.00. The minimum atomic E-state index is 0.268. The molecule has 1 aromatic rings. The van der Waals surface area contributed by atoms with Crippen molar-refractivity contribution in [2.45, 2.75) is 52.6 Å². The van der Waals surface area contributed by atoms with E-state index in [1.54, 1.807) is 0 Å². The minimum absolute atomic E-state index is 0.268. The molecule has 0 fully saturated rings. The molecule has 0 saturated heterocycles. The van der Waals surface area contributed by atoms with Crippen LogP contribution >= 0.6 is 0 Å². The third kappa shape index (κ3) is 4.47. The second-order valence-electron chi connectivity index (χ2n) is 4.71. The highest BCUT2D eigenvalue weighted by Gasteiger charge is 2.07. The number of hydrogen-bond donors (Lipinski definition) is 1. The van der Waals surface area contributed by atoms with Crippen molar-refractivity contribution in [2.75, 3.05) is 0 Å². The summed E-state index contributed by atoms with van der Waals surface area (Å²) in [4.78, 5) is 0. The molecule has 0 aliphatic heterocycles. The van der Waals surface area contributed by atoms with E-state index < -0.39 is 0 Å². The van der Waals surface area contributed by atoms with E-state index in [-0.39, 0.29) is 6.04 Å². The van der Waals surface area contributed by atoms with E-state index in [4.69, 9.17) is 5.73 Å². The molecule has 0 aliphatic carbocycles. The average molecular weight is 209 g/mol. The zero-order valence-corrected chi connectivity index (χ0v) is 10.1. The summed E-state index contributed by atoms with van der Waals surface area (Å²) in [7, 11) is 0. The summed E-state index contributed by atoms with van der Waals surface area (Å²) >= 11 is 0. The molecule has 3 heteroatoms. The van der Waals surface area contributed by atoms with Crippen LogP contribution in [0.3, 0.4) is 0 Å². The fraction of sp³-hybridized carbons (Fsp3) is 0.750. The molecule has 2 N–H and O–H groups in total. The molecule has 0 saturated carbocycles. The van der Waals surface area contributed by atoms with Crippen LogP contribution in [0.15, 0.2) is 12.4 Å². The Balaban J connectivity index is 2.42. The molecule has 0 aromatic carbocycles. The summed E-state index contributed by atoms with van der Waals surface area (Å²) in [6.07, 6.45) is 7.21. The number of nitrogens with two attached hydrogens (primary N) is 1. The Hall–Kier alpha value is -0.830. The second kappa shape index (κ2) is 5.91. The van der Waals surface area contributed by atoms with E-state index in [0.29, 0.717) is 5.92 Å². The van der Waals surface area contributed by atoms with E-state index in [2.05, 4.69) is 32.1 Å². The van der Waals surface area contributed by atoms with Gasteiger partial charge in [0.25, 0.3) is 0 Å². The SMILES string of the molecule is CCCn1cc(CC(N)CC(C)C)cn1. The van der Waals surface area contributed by atoms with Gasteiger partial charge in [0.1, 0.15) is 0 Å². The molecule has 0 spiro atoms. The van der Waals surface area contributed by atoms with Crippen molar-refractivity contribution in [3.63, 3.8) is 0 Å². The van der Waals surface area contributed by atoms with Crippen molar-refractivity contribution in [2.24, 2.45) is 11.7 Å². The van der Waals surface area contributed by atoms with Gasteiger partial charge in [0.05, 0.1) is 6.20 Å². The predicted octanol–water partition coefficient (Wildman–Crippen LogP) is 2.21. The highest BCUT2D eigenvalue weighted by molar-refractivity contribution is 5.05. The molecule has 15 heavy (non-hydrogen) atoms. The Bertz CT molecular complexity index is 278. The van der Waals surface area contributed by atoms with Crippen LogP contribution in [0.5, 0.6) is 0 Å². The molecule has 1 heterocycles. The Kier molecular flexibility index (Phi) is 4.82. The quantitative estimate of drug-likeness (QED) is 0.780. The van der Waals surface area contributed by atoms with E-state index in [0.717, 1.165) is 25.8 Å². The number of aromatic nitrogens is 2. The van der Waals surface area contributed by atoms with Crippen LogP contribution in [0.25, 0.3) is 0 Å². The average Bonchev–Trinajstić information content (AvgIpc) is 2.51. The number of aryl methyl sites for hydroxylation is 1. The molecule has 86 valence electrons. The first-order valence-electron chi connectivity index (χ1n) is 5.88. The van der Waals surface area contributed by atoms with Crippen LogP contribution in [0.1, 0.15) is 39.2 Å². The first-order valence-corrected chi connectivity index (χ1v) is 5.88. The van der Waals surface area contributed by atoms with Gasteiger partial charge in [-0.15, -0.1) is 0 Å². The first kappa shape index (κ1) is 12.2. The van der Waals surface area contributed by atoms with Crippen molar-refractivity contribution < 1.29 is 0 Å². The summed E-state index contributed by atoms with van der Waals surface area (Å²) in [6.45, 7) is 7.58. The van der Waals surface area contributed by atoms with Crippen LogP contribution in [0.2, 0.25) is 0 Å².